The van der Waals surface area contributed by atoms with Crippen LogP contribution in [-0.4, -0.2) is 34.9 Å². The van der Waals surface area contributed by atoms with Crippen molar-refractivity contribution in [2.45, 2.75) is 19.5 Å². The molecule has 0 saturated carbocycles. The summed E-state index contributed by atoms with van der Waals surface area (Å²) in [6.07, 6.45) is 0.284. The minimum atomic E-state index is -0.0744. The fourth-order valence-corrected chi connectivity index (χ4v) is 3.05. The van der Waals surface area contributed by atoms with E-state index in [0.29, 0.717) is 23.7 Å². The van der Waals surface area contributed by atoms with Crippen molar-refractivity contribution < 1.29 is 14.3 Å². The van der Waals surface area contributed by atoms with Crippen molar-refractivity contribution in [3.05, 3.63) is 58.9 Å². The van der Waals surface area contributed by atoms with Gasteiger partial charge in [0, 0.05) is 30.6 Å². The predicted molar refractivity (Wildman–Crippen MR) is 109 cm³/mol. The highest BCUT2D eigenvalue weighted by Crippen LogP contribution is 2.21. The molecule has 0 spiro atoms. The fourth-order valence-electron chi connectivity index (χ4n) is 2.83. The van der Waals surface area contributed by atoms with Gasteiger partial charge in [-0.2, -0.15) is 5.10 Å². The van der Waals surface area contributed by atoms with Crippen molar-refractivity contribution in [3.63, 3.8) is 0 Å². The van der Waals surface area contributed by atoms with Gasteiger partial charge in [-0.05, 0) is 42.5 Å². The van der Waals surface area contributed by atoms with Gasteiger partial charge in [-0.3, -0.25) is 14.5 Å². The molecule has 0 aliphatic heterocycles. The first-order valence-electron chi connectivity index (χ1n) is 8.80. The number of carbonyl (C=O) groups is 1. The van der Waals surface area contributed by atoms with E-state index in [1.807, 2.05) is 53.1 Å². The number of ether oxygens (including phenoxy) is 2. The van der Waals surface area contributed by atoms with Crippen molar-refractivity contribution in [1.82, 2.24) is 20.1 Å². The normalized spacial score (nSPS) is 10.5. The first-order chi connectivity index (χ1) is 13.6. The molecule has 1 aromatic heterocycles. The predicted octanol–water partition coefficient (Wildman–Crippen LogP) is 3.33. The van der Waals surface area contributed by atoms with Crippen LogP contribution in [0.15, 0.2) is 48.5 Å². The average Bonchev–Trinajstić information content (AvgIpc) is 3.11. The molecule has 0 saturated heterocycles. The summed E-state index contributed by atoms with van der Waals surface area (Å²) in [5.41, 5.74) is 1.82. The van der Waals surface area contributed by atoms with Crippen LogP contribution in [0, 0.1) is 4.77 Å². The number of H-pyrrole nitrogens is 1. The van der Waals surface area contributed by atoms with Crippen LogP contribution in [0.5, 0.6) is 11.5 Å². The molecular weight excluding hydrogens is 376 g/mol. The number of methoxy groups -OCH3 is 2. The average molecular weight is 398 g/mol. The zero-order valence-electron chi connectivity index (χ0n) is 15.8. The quantitative estimate of drug-likeness (QED) is 0.569. The summed E-state index contributed by atoms with van der Waals surface area (Å²) in [5, 5.41) is 10.0. The molecule has 28 heavy (non-hydrogen) atoms. The molecule has 0 aliphatic rings. The second kappa shape index (κ2) is 9.18. The highest BCUT2D eigenvalue weighted by Gasteiger charge is 2.11. The summed E-state index contributed by atoms with van der Waals surface area (Å²) in [6, 6.07) is 15.1. The van der Waals surface area contributed by atoms with Gasteiger partial charge in [-0.15, -0.1) is 0 Å². The van der Waals surface area contributed by atoms with E-state index >= 15 is 0 Å². The number of para-hydroxylation sites is 1. The Morgan fingerprint density at radius 2 is 1.89 bits per heavy atom. The van der Waals surface area contributed by atoms with Crippen LogP contribution in [0.1, 0.15) is 12.0 Å². The second-order valence-electron chi connectivity index (χ2n) is 6.07. The molecule has 0 radical (unpaired) electrons. The summed E-state index contributed by atoms with van der Waals surface area (Å²) < 4.78 is 12.8. The summed E-state index contributed by atoms with van der Waals surface area (Å²) in [6.45, 7) is 0.833. The molecule has 7 nitrogen and oxygen atoms in total. The van der Waals surface area contributed by atoms with Crippen LogP contribution in [0.2, 0.25) is 0 Å². The maximum absolute atomic E-state index is 12.3. The standard InChI is InChI=1S/C20H22N4O3S/c1-26-16-9-7-14(8-10-16)19-22-23-20(28)24(19)12-11-18(25)21-13-15-5-3-4-6-17(15)27-2/h3-10H,11-13H2,1-2H3,(H,21,25)(H,23,28). The van der Waals surface area contributed by atoms with Gasteiger partial charge in [0.25, 0.3) is 0 Å². The maximum Gasteiger partial charge on any atom is 0.222 e. The SMILES string of the molecule is COc1ccc(-c2n[nH]c(=S)n2CCC(=O)NCc2ccccc2OC)cc1. The van der Waals surface area contributed by atoms with Crippen LogP contribution < -0.4 is 14.8 Å². The minimum Gasteiger partial charge on any atom is -0.497 e. The van der Waals surface area contributed by atoms with Crippen molar-refractivity contribution in [3.8, 4) is 22.9 Å². The number of nitrogens with one attached hydrogen (secondary N) is 2. The number of carbonyl (C=O) groups excluding carboxylic acids is 1. The topological polar surface area (TPSA) is 81.2 Å². The Balaban J connectivity index is 1.63. The lowest BCUT2D eigenvalue weighted by atomic mass is 10.2. The molecule has 146 valence electrons. The van der Waals surface area contributed by atoms with E-state index in [2.05, 4.69) is 15.5 Å². The molecule has 0 unspecified atom stereocenters. The summed E-state index contributed by atoms with van der Waals surface area (Å²) in [4.78, 5) is 12.3. The third kappa shape index (κ3) is 4.58. The lowest BCUT2D eigenvalue weighted by Gasteiger charge is -2.10. The van der Waals surface area contributed by atoms with Gasteiger partial charge >= 0.3 is 0 Å². The molecule has 0 fully saturated rings. The van der Waals surface area contributed by atoms with E-state index < -0.39 is 0 Å². The first-order valence-corrected chi connectivity index (χ1v) is 9.21. The molecule has 3 rings (SSSR count). The van der Waals surface area contributed by atoms with Gasteiger partial charge in [0.2, 0.25) is 5.91 Å². The maximum atomic E-state index is 12.3. The number of nitrogens with zero attached hydrogens (tertiary/aromatic N) is 2. The van der Waals surface area contributed by atoms with Crippen LogP contribution in [-0.2, 0) is 17.9 Å². The number of amides is 1. The number of rotatable bonds is 8. The van der Waals surface area contributed by atoms with Crippen LogP contribution in [0.3, 0.4) is 0 Å². The van der Waals surface area contributed by atoms with Crippen molar-refractivity contribution >= 4 is 18.1 Å². The number of benzene rings is 2. The second-order valence-corrected chi connectivity index (χ2v) is 6.46. The zero-order valence-corrected chi connectivity index (χ0v) is 16.6. The Kier molecular flexibility index (Phi) is 6.44. The number of aromatic nitrogens is 3. The minimum absolute atomic E-state index is 0.0744. The van der Waals surface area contributed by atoms with Crippen molar-refractivity contribution in [2.24, 2.45) is 0 Å². The van der Waals surface area contributed by atoms with Crippen molar-refractivity contribution in [1.29, 1.82) is 0 Å². The Hall–Kier alpha value is -3.13. The van der Waals surface area contributed by atoms with E-state index in [1.165, 1.54) is 0 Å². The van der Waals surface area contributed by atoms with Gasteiger partial charge < -0.3 is 14.8 Å². The third-order valence-corrected chi connectivity index (χ3v) is 4.65. The van der Waals surface area contributed by atoms with Gasteiger partial charge in [-0.1, -0.05) is 18.2 Å². The Morgan fingerprint density at radius 1 is 1.14 bits per heavy atom. The Bertz CT molecular complexity index is 995. The van der Waals surface area contributed by atoms with Gasteiger partial charge in [-0.25, -0.2) is 0 Å². The van der Waals surface area contributed by atoms with Crippen LogP contribution >= 0.6 is 12.2 Å². The van der Waals surface area contributed by atoms with E-state index in [-0.39, 0.29) is 12.3 Å². The third-order valence-electron chi connectivity index (χ3n) is 4.34. The monoisotopic (exact) mass is 398 g/mol. The molecule has 2 aromatic carbocycles. The first kappa shape index (κ1) is 19.6. The molecule has 8 heteroatoms. The van der Waals surface area contributed by atoms with Crippen LogP contribution in [0.25, 0.3) is 11.4 Å². The zero-order chi connectivity index (χ0) is 19.9. The fraction of sp³-hybridized carbons (Fsp3) is 0.250. The molecular formula is C20H22N4O3S. The van der Waals surface area contributed by atoms with Crippen LogP contribution in [0.4, 0.5) is 0 Å². The summed E-state index contributed by atoms with van der Waals surface area (Å²) >= 11 is 5.32. The smallest absolute Gasteiger partial charge is 0.222 e. The van der Waals surface area contributed by atoms with E-state index in [4.69, 9.17) is 21.7 Å². The van der Waals surface area contributed by atoms with E-state index in [0.717, 1.165) is 22.6 Å². The molecule has 2 N–H and O–H groups in total. The molecule has 1 heterocycles. The molecule has 1 amide bonds. The number of aromatic amines is 1. The van der Waals surface area contributed by atoms with E-state index in [1.54, 1.807) is 14.2 Å². The van der Waals surface area contributed by atoms with Crippen molar-refractivity contribution in [2.75, 3.05) is 14.2 Å². The Morgan fingerprint density at radius 3 is 2.61 bits per heavy atom. The number of hydrogen-bond acceptors (Lipinski definition) is 5. The molecule has 3 aromatic rings. The van der Waals surface area contributed by atoms with Gasteiger partial charge in [0.15, 0.2) is 10.6 Å². The number of hydrogen-bond donors (Lipinski definition) is 2. The highest BCUT2D eigenvalue weighted by molar-refractivity contribution is 7.71. The van der Waals surface area contributed by atoms with E-state index in [9.17, 15) is 4.79 Å². The lowest BCUT2D eigenvalue weighted by molar-refractivity contribution is -0.121. The van der Waals surface area contributed by atoms with Gasteiger partial charge in [0.1, 0.15) is 11.5 Å². The highest BCUT2D eigenvalue weighted by atomic mass is 32.1. The molecule has 0 bridgehead atoms. The molecule has 0 atom stereocenters. The summed E-state index contributed by atoms with van der Waals surface area (Å²) in [5.74, 6) is 2.13. The summed E-state index contributed by atoms with van der Waals surface area (Å²) in [7, 11) is 3.23. The molecule has 0 aliphatic carbocycles. The van der Waals surface area contributed by atoms with Gasteiger partial charge in [0.05, 0.1) is 14.2 Å². The lowest BCUT2D eigenvalue weighted by Crippen LogP contribution is -2.24. The Labute approximate surface area is 168 Å². The largest absolute Gasteiger partial charge is 0.497 e.